The lowest BCUT2D eigenvalue weighted by Crippen LogP contribution is -2.28. The lowest BCUT2D eigenvalue weighted by molar-refractivity contribution is -0.112. The number of halogens is 1. The standard InChI is InChI=1S/C8H9FO/c1-8(9)5-3-2-4-7(8)6-10/h2-7H,1H3. The minimum absolute atomic E-state index is 0.613. The molecular weight excluding hydrogens is 131 g/mol. The smallest absolute Gasteiger partial charge is 0.139 e. The average molecular weight is 140 g/mol. The van der Waals surface area contributed by atoms with E-state index in [0.717, 1.165) is 0 Å². The number of hydrogen-bond donors (Lipinski definition) is 0. The third-order valence-electron chi connectivity index (χ3n) is 1.65. The number of carbonyl (C=O) groups is 1. The van der Waals surface area contributed by atoms with Crippen LogP contribution in [0.4, 0.5) is 4.39 Å². The summed E-state index contributed by atoms with van der Waals surface area (Å²) >= 11 is 0. The fraction of sp³-hybridized carbons (Fsp3) is 0.375. The monoisotopic (exact) mass is 140 g/mol. The maximum absolute atomic E-state index is 13.2. The van der Waals surface area contributed by atoms with Gasteiger partial charge in [0.1, 0.15) is 12.0 Å². The number of aldehydes is 1. The van der Waals surface area contributed by atoms with Gasteiger partial charge in [-0.2, -0.15) is 0 Å². The molecule has 0 fully saturated rings. The normalized spacial score (nSPS) is 38.0. The summed E-state index contributed by atoms with van der Waals surface area (Å²) in [6, 6.07) is 0. The van der Waals surface area contributed by atoms with Crippen LogP contribution in [-0.2, 0) is 4.79 Å². The van der Waals surface area contributed by atoms with Gasteiger partial charge in [0.2, 0.25) is 0 Å². The first kappa shape index (κ1) is 7.19. The van der Waals surface area contributed by atoms with Crippen molar-refractivity contribution < 1.29 is 9.18 Å². The predicted molar refractivity (Wildman–Crippen MR) is 37.3 cm³/mol. The van der Waals surface area contributed by atoms with Crippen LogP contribution in [0.3, 0.4) is 0 Å². The first-order chi connectivity index (χ1) is 4.67. The first-order valence-electron chi connectivity index (χ1n) is 3.17. The highest BCUT2D eigenvalue weighted by atomic mass is 19.1. The molecule has 0 bridgehead atoms. The van der Waals surface area contributed by atoms with Gasteiger partial charge in [-0.05, 0) is 13.0 Å². The molecule has 0 amide bonds. The lowest BCUT2D eigenvalue weighted by atomic mass is 9.88. The first-order valence-corrected chi connectivity index (χ1v) is 3.17. The highest BCUT2D eigenvalue weighted by Gasteiger charge is 2.30. The Hall–Kier alpha value is -0.920. The quantitative estimate of drug-likeness (QED) is 0.506. The second-order valence-electron chi connectivity index (χ2n) is 2.56. The molecule has 0 saturated carbocycles. The summed E-state index contributed by atoms with van der Waals surface area (Å²) in [5.41, 5.74) is -1.49. The molecule has 1 aliphatic rings. The minimum atomic E-state index is -1.49. The summed E-state index contributed by atoms with van der Waals surface area (Å²) in [6.07, 6.45) is 6.87. The van der Waals surface area contributed by atoms with Crippen molar-refractivity contribution >= 4 is 6.29 Å². The van der Waals surface area contributed by atoms with Crippen LogP contribution in [0.1, 0.15) is 6.92 Å². The predicted octanol–water partition coefficient (Wildman–Crippen LogP) is 1.66. The molecule has 0 radical (unpaired) electrons. The van der Waals surface area contributed by atoms with Crippen LogP contribution >= 0.6 is 0 Å². The van der Waals surface area contributed by atoms with Gasteiger partial charge in [-0.15, -0.1) is 0 Å². The van der Waals surface area contributed by atoms with Crippen molar-refractivity contribution in [2.75, 3.05) is 0 Å². The van der Waals surface area contributed by atoms with Crippen molar-refractivity contribution in [2.45, 2.75) is 12.6 Å². The molecule has 0 aromatic carbocycles. The summed E-state index contributed by atoms with van der Waals surface area (Å²) in [5, 5.41) is 0. The van der Waals surface area contributed by atoms with E-state index in [0.29, 0.717) is 6.29 Å². The Kier molecular flexibility index (Phi) is 1.70. The fourth-order valence-electron chi connectivity index (χ4n) is 0.905. The maximum Gasteiger partial charge on any atom is 0.139 e. The van der Waals surface area contributed by atoms with Gasteiger partial charge in [-0.3, -0.25) is 0 Å². The Labute approximate surface area is 59.2 Å². The van der Waals surface area contributed by atoms with Gasteiger partial charge >= 0.3 is 0 Å². The number of rotatable bonds is 1. The SMILES string of the molecule is CC1(F)C=CC=CC1C=O. The average Bonchev–Trinajstić information content (AvgIpc) is 1.87. The zero-order valence-electron chi connectivity index (χ0n) is 5.75. The summed E-state index contributed by atoms with van der Waals surface area (Å²) < 4.78 is 13.2. The molecule has 0 spiro atoms. The van der Waals surface area contributed by atoms with Crippen LogP contribution in [0.2, 0.25) is 0 Å². The second kappa shape index (κ2) is 2.37. The third-order valence-corrected chi connectivity index (χ3v) is 1.65. The van der Waals surface area contributed by atoms with Gasteiger partial charge in [0.05, 0.1) is 5.92 Å². The van der Waals surface area contributed by atoms with Crippen LogP contribution < -0.4 is 0 Å². The van der Waals surface area contributed by atoms with E-state index in [1.807, 2.05) is 0 Å². The lowest BCUT2D eigenvalue weighted by Gasteiger charge is -2.21. The number of alkyl halides is 1. The molecule has 0 N–H and O–H groups in total. The zero-order chi connectivity index (χ0) is 7.61. The van der Waals surface area contributed by atoms with Gasteiger partial charge < -0.3 is 4.79 Å². The molecule has 0 saturated heterocycles. The Bertz CT molecular complexity index is 191. The molecule has 0 aromatic heterocycles. The molecule has 2 unspecified atom stereocenters. The third kappa shape index (κ3) is 1.15. The molecule has 10 heavy (non-hydrogen) atoms. The van der Waals surface area contributed by atoms with E-state index in [2.05, 4.69) is 0 Å². The van der Waals surface area contributed by atoms with E-state index in [1.54, 1.807) is 18.2 Å². The van der Waals surface area contributed by atoms with Crippen molar-refractivity contribution in [3.8, 4) is 0 Å². The summed E-state index contributed by atoms with van der Waals surface area (Å²) in [6.45, 7) is 1.39. The van der Waals surface area contributed by atoms with E-state index in [9.17, 15) is 9.18 Å². The number of hydrogen-bond acceptors (Lipinski definition) is 1. The Morgan fingerprint density at radius 3 is 2.70 bits per heavy atom. The van der Waals surface area contributed by atoms with E-state index in [-0.39, 0.29) is 0 Å². The second-order valence-corrected chi connectivity index (χ2v) is 2.56. The summed E-state index contributed by atoms with van der Waals surface area (Å²) in [4.78, 5) is 10.3. The van der Waals surface area contributed by atoms with Gasteiger partial charge in [-0.1, -0.05) is 18.2 Å². The van der Waals surface area contributed by atoms with Crippen LogP contribution in [0.15, 0.2) is 24.3 Å². The molecule has 1 aliphatic carbocycles. The van der Waals surface area contributed by atoms with E-state index in [1.165, 1.54) is 13.0 Å². The number of allylic oxidation sites excluding steroid dienone is 4. The van der Waals surface area contributed by atoms with Crippen molar-refractivity contribution in [1.29, 1.82) is 0 Å². The van der Waals surface area contributed by atoms with Crippen molar-refractivity contribution in [3.05, 3.63) is 24.3 Å². The molecule has 54 valence electrons. The van der Waals surface area contributed by atoms with Crippen LogP contribution in [0.5, 0.6) is 0 Å². The highest BCUT2D eigenvalue weighted by molar-refractivity contribution is 5.60. The van der Waals surface area contributed by atoms with Gasteiger partial charge in [0.25, 0.3) is 0 Å². The molecule has 0 heterocycles. The summed E-state index contributed by atoms with van der Waals surface area (Å²) in [7, 11) is 0. The Balaban J connectivity index is 2.84. The molecule has 0 aromatic rings. The molecule has 2 heteroatoms. The topological polar surface area (TPSA) is 17.1 Å². The van der Waals surface area contributed by atoms with Crippen LogP contribution in [0.25, 0.3) is 0 Å². The molecule has 2 atom stereocenters. The zero-order valence-corrected chi connectivity index (χ0v) is 5.75. The summed E-state index contributed by atoms with van der Waals surface area (Å²) in [5.74, 6) is -0.613. The molecule has 1 nitrogen and oxygen atoms in total. The Morgan fingerprint density at radius 1 is 1.60 bits per heavy atom. The van der Waals surface area contributed by atoms with Gasteiger partial charge in [0.15, 0.2) is 0 Å². The molecule has 1 rings (SSSR count). The van der Waals surface area contributed by atoms with Crippen LogP contribution in [-0.4, -0.2) is 12.0 Å². The van der Waals surface area contributed by atoms with Gasteiger partial charge in [-0.25, -0.2) is 4.39 Å². The van der Waals surface area contributed by atoms with Crippen LogP contribution in [0, 0.1) is 5.92 Å². The fourth-order valence-corrected chi connectivity index (χ4v) is 0.905. The van der Waals surface area contributed by atoms with E-state index >= 15 is 0 Å². The van der Waals surface area contributed by atoms with Gasteiger partial charge in [0, 0.05) is 0 Å². The van der Waals surface area contributed by atoms with Crippen molar-refractivity contribution in [2.24, 2.45) is 5.92 Å². The number of carbonyl (C=O) groups excluding carboxylic acids is 1. The minimum Gasteiger partial charge on any atom is -0.303 e. The molecular formula is C8H9FO. The Morgan fingerprint density at radius 2 is 2.30 bits per heavy atom. The van der Waals surface area contributed by atoms with E-state index in [4.69, 9.17) is 0 Å². The maximum atomic E-state index is 13.2. The largest absolute Gasteiger partial charge is 0.303 e. The van der Waals surface area contributed by atoms with E-state index < -0.39 is 11.6 Å². The van der Waals surface area contributed by atoms with Crippen molar-refractivity contribution in [3.63, 3.8) is 0 Å². The van der Waals surface area contributed by atoms with Crippen molar-refractivity contribution in [1.82, 2.24) is 0 Å². The molecule has 0 aliphatic heterocycles. The highest BCUT2D eigenvalue weighted by Crippen LogP contribution is 2.26.